The maximum absolute atomic E-state index is 13.8. The first-order chi connectivity index (χ1) is 20.9. The second-order valence-electron chi connectivity index (χ2n) is 10.6. The van der Waals surface area contributed by atoms with Crippen LogP contribution < -0.4 is 20.3 Å². The number of fused-ring (bicyclic) bond motifs is 1. The molecule has 2 atom stereocenters. The van der Waals surface area contributed by atoms with E-state index >= 15 is 0 Å². The van der Waals surface area contributed by atoms with Crippen molar-refractivity contribution in [2.24, 2.45) is 15.9 Å². The van der Waals surface area contributed by atoms with Crippen LogP contribution in [-0.4, -0.2) is 59.9 Å². The fraction of sp³-hybridized carbons (Fsp3) is 0.323. The van der Waals surface area contributed by atoms with Crippen LogP contribution in [0, 0.1) is 19.8 Å². The van der Waals surface area contributed by atoms with Crippen molar-refractivity contribution in [3.8, 4) is 5.75 Å². The third-order valence-corrected chi connectivity index (χ3v) is 7.51. The van der Waals surface area contributed by atoms with Crippen molar-refractivity contribution in [2.45, 2.75) is 39.9 Å². The Morgan fingerprint density at radius 1 is 1.11 bits per heavy atom. The van der Waals surface area contributed by atoms with Gasteiger partial charge in [-0.3, -0.25) is 19.6 Å². The molecule has 0 radical (unpaired) electrons. The van der Waals surface area contributed by atoms with Crippen LogP contribution in [0.5, 0.6) is 5.75 Å². The van der Waals surface area contributed by atoms with Crippen molar-refractivity contribution >= 4 is 40.8 Å². The average molecular weight is 608 g/mol. The first-order valence-electron chi connectivity index (χ1n) is 14.0. The number of anilines is 3. The molecule has 0 aliphatic carbocycles. The van der Waals surface area contributed by atoms with Gasteiger partial charge in [0.15, 0.2) is 0 Å². The third kappa shape index (κ3) is 6.21. The van der Waals surface area contributed by atoms with E-state index < -0.39 is 17.6 Å². The lowest BCUT2D eigenvalue weighted by Gasteiger charge is -2.43. The highest BCUT2D eigenvalue weighted by atomic mass is 19.4. The van der Waals surface area contributed by atoms with Gasteiger partial charge in [-0.1, -0.05) is 6.07 Å². The molecule has 0 bridgehead atoms. The summed E-state index contributed by atoms with van der Waals surface area (Å²) >= 11 is 0. The highest BCUT2D eigenvalue weighted by Crippen LogP contribution is 2.34. The van der Waals surface area contributed by atoms with Gasteiger partial charge in [-0.25, -0.2) is 9.79 Å². The van der Waals surface area contributed by atoms with Crippen LogP contribution in [0.3, 0.4) is 0 Å². The van der Waals surface area contributed by atoms with Gasteiger partial charge in [-0.15, -0.1) is 0 Å². The summed E-state index contributed by atoms with van der Waals surface area (Å²) in [7, 11) is 1.44. The summed E-state index contributed by atoms with van der Waals surface area (Å²) in [4.78, 5) is 43.9. The molecule has 10 nitrogen and oxygen atoms in total. The molecule has 1 saturated heterocycles. The lowest BCUT2D eigenvalue weighted by molar-refractivity contribution is -0.137. The maximum Gasteiger partial charge on any atom is 0.416 e. The standard InChI is InChI=1S/C31H32F3N7O3/c1-6-40-27-25(18(3)36-29(39-27)38-26-11-10-17(2)35-19(26)4)16-41(30(40)43)23-13-22(14-24(15-23)44-5)37-28(42)20-8-7-9-21(12-20)31(32,33)34/h7-15,18,25H,6,16H2,1-5H3,(H,36,38)(H,37,42). The summed E-state index contributed by atoms with van der Waals surface area (Å²) in [5, 5.41) is 5.87. The first-order valence-corrected chi connectivity index (χ1v) is 14.0. The van der Waals surface area contributed by atoms with Gasteiger partial charge in [0.2, 0.25) is 5.96 Å². The fourth-order valence-corrected chi connectivity index (χ4v) is 5.21. The summed E-state index contributed by atoms with van der Waals surface area (Å²) in [6, 6.07) is 12.2. The van der Waals surface area contributed by atoms with Crippen molar-refractivity contribution in [1.82, 2.24) is 9.88 Å². The number of aromatic nitrogens is 1. The van der Waals surface area contributed by atoms with Crippen molar-refractivity contribution in [2.75, 3.05) is 35.7 Å². The minimum Gasteiger partial charge on any atom is -0.497 e. The number of benzene rings is 2. The summed E-state index contributed by atoms with van der Waals surface area (Å²) in [5.74, 6) is 0.361. The Labute approximate surface area is 252 Å². The van der Waals surface area contributed by atoms with Crippen LogP contribution in [0.1, 0.15) is 41.2 Å². The van der Waals surface area contributed by atoms with Gasteiger partial charge in [-0.05, 0) is 64.1 Å². The summed E-state index contributed by atoms with van der Waals surface area (Å²) in [6.45, 7) is 8.21. The number of methoxy groups -OCH3 is 1. The van der Waals surface area contributed by atoms with Crippen LogP contribution in [0.25, 0.3) is 0 Å². The van der Waals surface area contributed by atoms with Crippen LogP contribution in [0.2, 0.25) is 0 Å². The van der Waals surface area contributed by atoms with Gasteiger partial charge in [0, 0.05) is 42.2 Å². The second kappa shape index (κ2) is 12.0. The Morgan fingerprint density at radius 2 is 1.89 bits per heavy atom. The average Bonchev–Trinajstić information content (AvgIpc) is 2.98. The van der Waals surface area contributed by atoms with Crippen LogP contribution in [0.15, 0.2) is 64.6 Å². The minimum absolute atomic E-state index is 0.161. The molecule has 1 aromatic heterocycles. The quantitative estimate of drug-likeness (QED) is 0.351. The minimum atomic E-state index is -4.59. The number of amidine groups is 1. The molecule has 2 aliphatic rings. The smallest absolute Gasteiger partial charge is 0.416 e. The number of nitrogens with one attached hydrogen (secondary N) is 2. The molecule has 0 saturated carbocycles. The second-order valence-corrected chi connectivity index (χ2v) is 10.6. The van der Waals surface area contributed by atoms with E-state index in [1.54, 1.807) is 21.9 Å². The number of alkyl halides is 3. The number of aryl methyl sites for hydroxylation is 2. The van der Waals surface area contributed by atoms with E-state index in [1.165, 1.54) is 25.3 Å². The number of rotatable bonds is 6. The van der Waals surface area contributed by atoms with Crippen molar-refractivity contribution in [3.63, 3.8) is 0 Å². The molecule has 2 unspecified atom stereocenters. The molecule has 2 aromatic carbocycles. The molecule has 3 aromatic rings. The van der Waals surface area contributed by atoms with Crippen molar-refractivity contribution < 1.29 is 27.5 Å². The van der Waals surface area contributed by atoms with Gasteiger partial charge in [0.05, 0.1) is 41.7 Å². The number of halogens is 3. The Morgan fingerprint density at radius 3 is 2.57 bits per heavy atom. The number of amides is 3. The number of ether oxygens (including phenoxy) is 1. The van der Waals surface area contributed by atoms with E-state index in [1.807, 2.05) is 39.8 Å². The fourth-order valence-electron chi connectivity index (χ4n) is 5.21. The molecular formula is C31H32F3N7O3. The number of carbonyl (C=O) groups is 2. The molecule has 2 aliphatic heterocycles. The molecular weight excluding hydrogens is 575 g/mol. The van der Waals surface area contributed by atoms with E-state index in [0.717, 1.165) is 29.2 Å². The Bertz CT molecular complexity index is 1670. The molecule has 3 amide bonds. The molecule has 44 heavy (non-hydrogen) atoms. The normalized spacial score (nSPS) is 18.3. The topological polar surface area (TPSA) is 112 Å². The van der Waals surface area contributed by atoms with E-state index in [-0.39, 0.29) is 35.8 Å². The SMILES string of the molecule is CCN1C(=O)N(c2cc(NC(=O)c3cccc(C(F)(F)F)c3)cc(OC)c2)CC2C1=NC(Nc1ccc(C)nc1C)=NC2C. The number of aliphatic imine (C=N–C) groups is 2. The van der Waals surface area contributed by atoms with Crippen LogP contribution in [-0.2, 0) is 6.18 Å². The molecule has 0 spiro atoms. The Kier molecular flexibility index (Phi) is 8.31. The maximum atomic E-state index is 13.8. The van der Waals surface area contributed by atoms with E-state index in [2.05, 4.69) is 15.6 Å². The monoisotopic (exact) mass is 607 g/mol. The molecule has 13 heteroatoms. The molecule has 5 rings (SSSR count). The number of urea groups is 1. The van der Waals surface area contributed by atoms with Gasteiger partial charge in [-0.2, -0.15) is 18.2 Å². The first kappa shape index (κ1) is 30.5. The Balaban J connectivity index is 1.41. The molecule has 1 fully saturated rings. The predicted octanol–water partition coefficient (Wildman–Crippen LogP) is 6.12. The molecule has 3 heterocycles. The van der Waals surface area contributed by atoms with E-state index in [9.17, 15) is 22.8 Å². The van der Waals surface area contributed by atoms with Crippen LogP contribution >= 0.6 is 0 Å². The van der Waals surface area contributed by atoms with Gasteiger partial charge in [0.25, 0.3) is 5.91 Å². The predicted molar refractivity (Wildman–Crippen MR) is 163 cm³/mol. The van der Waals surface area contributed by atoms with E-state index in [4.69, 9.17) is 14.7 Å². The molecule has 2 N–H and O–H groups in total. The number of nitrogens with zero attached hydrogens (tertiary/aromatic N) is 5. The van der Waals surface area contributed by atoms with Gasteiger partial charge >= 0.3 is 12.2 Å². The lowest BCUT2D eigenvalue weighted by atomic mass is 9.95. The highest BCUT2D eigenvalue weighted by Gasteiger charge is 2.42. The number of guanidine groups is 1. The summed E-state index contributed by atoms with van der Waals surface area (Å²) in [6.07, 6.45) is -4.59. The van der Waals surface area contributed by atoms with Crippen molar-refractivity contribution in [3.05, 3.63) is 77.1 Å². The number of carbonyl (C=O) groups excluding carboxylic acids is 2. The zero-order chi connectivity index (χ0) is 31.8. The summed E-state index contributed by atoms with van der Waals surface area (Å²) < 4.78 is 45.0. The largest absolute Gasteiger partial charge is 0.497 e. The summed E-state index contributed by atoms with van der Waals surface area (Å²) in [5.41, 5.74) is 2.06. The highest BCUT2D eigenvalue weighted by molar-refractivity contribution is 6.14. The number of pyridine rings is 1. The zero-order valence-corrected chi connectivity index (χ0v) is 24.9. The molecule has 230 valence electrons. The van der Waals surface area contributed by atoms with E-state index in [0.29, 0.717) is 29.8 Å². The number of hydrogen-bond acceptors (Lipinski definition) is 7. The van der Waals surface area contributed by atoms with Gasteiger partial charge < -0.3 is 15.4 Å². The Hall–Kier alpha value is -4.94. The lowest BCUT2D eigenvalue weighted by Crippen LogP contribution is -2.60. The zero-order valence-electron chi connectivity index (χ0n) is 24.9. The van der Waals surface area contributed by atoms with Gasteiger partial charge in [0.1, 0.15) is 11.6 Å². The third-order valence-electron chi connectivity index (χ3n) is 7.51. The number of hydrogen-bond donors (Lipinski definition) is 2. The van der Waals surface area contributed by atoms with Crippen LogP contribution in [0.4, 0.5) is 35.0 Å². The van der Waals surface area contributed by atoms with Crippen molar-refractivity contribution in [1.29, 1.82) is 0 Å².